The summed E-state index contributed by atoms with van der Waals surface area (Å²) in [6.07, 6.45) is -0.791. The topological polar surface area (TPSA) is 91.2 Å². The van der Waals surface area contributed by atoms with Crippen LogP contribution in [-0.2, 0) is 4.79 Å². The number of rotatable bonds is 4. The molecule has 0 radical (unpaired) electrons. The fourth-order valence-electron chi connectivity index (χ4n) is 1.79. The highest BCUT2D eigenvalue weighted by Crippen LogP contribution is 2.18. The molecule has 0 saturated heterocycles. The van der Waals surface area contributed by atoms with Crippen LogP contribution in [0.1, 0.15) is 22.8 Å². The van der Waals surface area contributed by atoms with Gasteiger partial charge in [0.05, 0.1) is 11.6 Å². The van der Waals surface area contributed by atoms with Gasteiger partial charge in [0.25, 0.3) is 11.8 Å². The molecule has 24 heavy (non-hydrogen) atoms. The van der Waals surface area contributed by atoms with E-state index in [9.17, 15) is 9.59 Å². The number of nitrogens with one attached hydrogen (secondary N) is 2. The number of carbonyl (C=O) groups excluding carboxylic acids is 2. The zero-order chi connectivity index (χ0) is 17.5. The van der Waals surface area contributed by atoms with Crippen molar-refractivity contribution in [2.45, 2.75) is 13.0 Å². The smallest absolute Gasteiger partial charge is 0.279 e. The van der Waals surface area contributed by atoms with Gasteiger partial charge in [0.2, 0.25) is 0 Å². The second kappa shape index (κ2) is 8.13. The molecule has 0 bridgehead atoms. The zero-order valence-corrected chi connectivity index (χ0v) is 14.3. The maximum Gasteiger partial charge on any atom is 0.279 e. The summed E-state index contributed by atoms with van der Waals surface area (Å²) in [4.78, 5) is 23.9. The molecule has 6 nitrogen and oxygen atoms in total. The molecule has 0 aliphatic rings. The second-order valence-corrected chi connectivity index (χ2v) is 5.77. The lowest BCUT2D eigenvalue weighted by molar-refractivity contribution is -0.128. The number of amides is 2. The van der Waals surface area contributed by atoms with E-state index in [4.69, 9.17) is 10.00 Å². The number of benzene rings is 2. The Bertz CT molecular complexity index is 784. The quantitative estimate of drug-likeness (QED) is 0.788. The van der Waals surface area contributed by atoms with Gasteiger partial charge < -0.3 is 4.74 Å². The van der Waals surface area contributed by atoms with E-state index in [0.29, 0.717) is 16.9 Å². The Morgan fingerprint density at radius 1 is 1.17 bits per heavy atom. The summed E-state index contributed by atoms with van der Waals surface area (Å²) in [5.74, 6) is -0.440. The highest BCUT2D eigenvalue weighted by molar-refractivity contribution is 9.10. The Morgan fingerprint density at radius 3 is 2.50 bits per heavy atom. The fraction of sp³-hybridized carbons (Fsp3) is 0.118. The Balaban J connectivity index is 1.87. The van der Waals surface area contributed by atoms with Crippen molar-refractivity contribution in [2.75, 3.05) is 0 Å². The lowest BCUT2D eigenvalue weighted by Gasteiger charge is -2.15. The largest absolute Gasteiger partial charge is 0.481 e. The van der Waals surface area contributed by atoms with Gasteiger partial charge in [0, 0.05) is 10.0 Å². The van der Waals surface area contributed by atoms with Crippen molar-refractivity contribution in [2.24, 2.45) is 0 Å². The number of nitriles is 1. The van der Waals surface area contributed by atoms with E-state index in [1.807, 2.05) is 12.1 Å². The van der Waals surface area contributed by atoms with Crippen LogP contribution in [0.4, 0.5) is 0 Å². The first-order valence-corrected chi connectivity index (χ1v) is 7.81. The minimum atomic E-state index is -0.791. The predicted octanol–water partition coefficient (Wildman–Crippen LogP) is 2.55. The van der Waals surface area contributed by atoms with Crippen molar-refractivity contribution in [3.63, 3.8) is 0 Å². The Hall–Kier alpha value is -2.85. The lowest BCUT2D eigenvalue weighted by atomic mass is 10.1. The molecule has 1 unspecified atom stereocenters. The summed E-state index contributed by atoms with van der Waals surface area (Å²) in [5, 5.41) is 8.72. The zero-order valence-electron chi connectivity index (χ0n) is 12.7. The highest BCUT2D eigenvalue weighted by atomic mass is 79.9. The number of ether oxygens (including phenoxy) is 1. The van der Waals surface area contributed by atoms with Crippen LogP contribution in [0.5, 0.6) is 5.75 Å². The molecule has 0 saturated carbocycles. The SMILES string of the molecule is CC(Oc1cccc(Br)c1)C(=O)NNC(=O)c1ccc(C#N)cc1. The van der Waals surface area contributed by atoms with Crippen LogP contribution in [-0.4, -0.2) is 17.9 Å². The van der Waals surface area contributed by atoms with Crippen LogP contribution in [0.2, 0.25) is 0 Å². The fourth-order valence-corrected chi connectivity index (χ4v) is 2.16. The van der Waals surface area contributed by atoms with Gasteiger partial charge in [-0.3, -0.25) is 20.4 Å². The van der Waals surface area contributed by atoms with Gasteiger partial charge in [0.15, 0.2) is 6.10 Å². The molecule has 2 aromatic carbocycles. The number of hydrogen-bond donors (Lipinski definition) is 2. The minimum absolute atomic E-state index is 0.329. The van der Waals surface area contributed by atoms with E-state index in [0.717, 1.165) is 4.47 Å². The first-order valence-electron chi connectivity index (χ1n) is 7.02. The average molecular weight is 388 g/mol. The Labute approximate surface area is 147 Å². The first kappa shape index (κ1) is 17.5. The van der Waals surface area contributed by atoms with E-state index in [1.54, 1.807) is 25.1 Å². The van der Waals surface area contributed by atoms with Crippen molar-refractivity contribution in [3.8, 4) is 11.8 Å². The molecule has 2 rings (SSSR count). The van der Waals surface area contributed by atoms with Crippen LogP contribution in [0.15, 0.2) is 53.0 Å². The second-order valence-electron chi connectivity index (χ2n) is 4.85. The third kappa shape index (κ3) is 4.83. The molecule has 0 heterocycles. The highest BCUT2D eigenvalue weighted by Gasteiger charge is 2.16. The van der Waals surface area contributed by atoms with E-state index in [-0.39, 0.29) is 0 Å². The normalized spacial score (nSPS) is 11.0. The number of carbonyl (C=O) groups is 2. The van der Waals surface area contributed by atoms with Gasteiger partial charge in [-0.1, -0.05) is 22.0 Å². The molecular weight excluding hydrogens is 374 g/mol. The number of halogens is 1. The molecule has 0 fully saturated rings. The van der Waals surface area contributed by atoms with Gasteiger partial charge in [0.1, 0.15) is 5.75 Å². The van der Waals surface area contributed by atoms with Gasteiger partial charge in [-0.2, -0.15) is 5.26 Å². The molecular formula is C17H14BrN3O3. The van der Waals surface area contributed by atoms with Gasteiger partial charge in [-0.05, 0) is 49.4 Å². The minimum Gasteiger partial charge on any atom is -0.481 e. The third-order valence-corrected chi connectivity index (χ3v) is 3.55. The number of hydrazine groups is 1. The predicted molar refractivity (Wildman–Crippen MR) is 91.0 cm³/mol. The maximum absolute atomic E-state index is 12.0. The summed E-state index contributed by atoms with van der Waals surface area (Å²) >= 11 is 3.32. The molecule has 7 heteroatoms. The molecule has 0 aliphatic carbocycles. The van der Waals surface area contributed by atoms with Crippen LogP contribution < -0.4 is 15.6 Å². The molecule has 2 amide bonds. The van der Waals surface area contributed by atoms with Crippen molar-refractivity contribution in [1.29, 1.82) is 5.26 Å². The molecule has 0 spiro atoms. The summed E-state index contributed by atoms with van der Waals surface area (Å²) < 4.78 is 6.33. The summed E-state index contributed by atoms with van der Waals surface area (Å²) in [7, 11) is 0. The van der Waals surface area contributed by atoms with Gasteiger partial charge >= 0.3 is 0 Å². The monoisotopic (exact) mass is 387 g/mol. The first-order chi connectivity index (χ1) is 11.5. The molecule has 0 aliphatic heterocycles. The number of hydrogen-bond acceptors (Lipinski definition) is 4. The van der Waals surface area contributed by atoms with E-state index in [1.165, 1.54) is 24.3 Å². The van der Waals surface area contributed by atoms with Crippen molar-refractivity contribution >= 4 is 27.7 Å². The molecule has 122 valence electrons. The lowest BCUT2D eigenvalue weighted by Crippen LogP contribution is -2.47. The molecule has 1 atom stereocenters. The van der Waals surface area contributed by atoms with Crippen LogP contribution in [0.25, 0.3) is 0 Å². The van der Waals surface area contributed by atoms with E-state index >= 15 is 0 Å². The number of nitrogens with zero attached hydrogens (tertiary/aromatic N) is 1. The molecule has 0 aromatic heterocycles. The Morgan fingerprint density at radius 2 is 1.88 bits per heavy atom. The molecule has 2 N–H and O–H groups in total. The average Bonchev–Trinajstić information content (AvgIpc) is 2.59. The Kier molecular flexibility index (Phi) is 5.93. The van der Waals surface area contributed by atoms with Crippen molar-refractivity contribution in [1.82, 2.24) is 10.9 Å². The van der Waals surface area contributed by atoms with E-state index < -0.39 is 17.9 Å². The van der Waals surface area contributed by atoms with Crippen molar-refractivity contribution < 1.29 is 14.3 Å². The third-order valence-electron chi connectivity index (χ3n) is 3.05. The van der Waals surface area contributed by atoms with Gasteiger partial charge in [-0.25, -0.2) is 0 Å². The maximum atomic E-state index is 12.0. The van der Waals surface area contributed by atoms with Crippen LogP contribution in [0, 0.1) is 11.3 Å². The van der Waals surface area contributed by atoms with Crippen molar-refractivity contribution in [3.05, 3.63) is 64.1 Å². The standard InChI is InChI=1S/C17H14BrN3O3/c1-11(24-15-4-2-3-14(18)9-15)16(22)20-21-17(23)13-7-5-12(10-19)6-8-13/h2-9,11H,1H3,(H,20,22)(H,21,23). The van der Waals surface area contributed by atoms with Crippen LogP contribution >= 0.6 is 15.9 Å². The summed E-state index contributed by atoms with van der Waals surface area (Å²) in [6.45, 7) is 1.57. The summed E-state index contributed by atoms with van der Waals surface area (Å²) in [5.41, 5.74) is 5.39. The van der Waals surface area contributed by atoms with Gasteiger partial charge in [-0.15, -0.1) is 0 Å². The summed E-state index contributed by atoms with van der Waals surface area (Å²) in [6, 6.07) is 15.1. The van der Waals surface area contributed by atoms with E-state index in [2.05, 4.69) is 26.8 Å². The molecule has 2 aromatic rings. The van der Waals surface area contributed by atoms with Crippen LogP contribution in [0.3, 0.4) is 0 Å².